The summed E-state index contributed by atoms with van der Waals surface area (Å²) >= 11 is 5.34. The molecule has 0 radical (unpaired) electrons. The molecule has 0 fully saturated rings. The number of ether oxygens (including phenoxy) is 2. The van der Waals surface area contributed by atoms with Crippen molar-refractivity contribution in [3.63, 3.8) is 0 Å². The van der Waals surface area contributed by atoms with E-state index in [1.165, 1.54) is 0 Å². The normalized spacial score (nSPS) is 11.0. The molecule has 0 saturated heterocycles. The Kier molecular flexibility index (Phi) is 7.13. The molecule has 5 heteroatoms. The van der Waals surface area contributed by atoms with Gasteiger partial charge < -0.3 is 9.47 Å². The number of halogens is 1. The minimum atomic E-state index is -0.972. The van der Waals surface area contributed by atoms with Crippen LogP contribution in [0.3, 0.4) is 0 Å². The topological polar surface area (TPSA) is 52.6 Å². The minimum Gasteiger partial charge on any atom is -0.456 e. The fourth-order valence-corrected chi connectivity index (χ4v) is 1.47. The number of rotatable bonds is 6. The van der Waals surface area contributed by atoms with Crippen LogP contribution in [-0.2, 0) is 19.1 Å². The van der Waals surface area contributed by atoms with Gasteiger partial charge in [0.25, 0.3) is 0 Å². The molecular weight excluding hydrogens is 232 g/mol. The minimum absolute atomic E-state index is 0.0207. The van der Waals surface area contributed by atoms with Crippen LogP contribution in [0.4, 0.5) is 0 Å². The number of hydrogen-bond donors (Lipinski definition) is 0. The maximum Gasteiger partial charge on any atom is 0.418 e. The zero-order valence-corrected chi connectivity index (χ0v) is 10.8. The standard InChI is InChI=1S/C11H19ClO4/c1-4-11(5-2,6-3)16-10(14)9(13)15-8-7-12/h4-8H2,1-3H3. The van der Waals surface area contributed by atoms with Crippen LogP contribution in [0.5, 0.6) is 0 Å². The highest BCUT2D eigenvalue weighted by Gasteiger charge is 2.31. The third-order valence-corrected chi connectivity index (χ3v) is 2.87. The molecule has 0 aromatic heterocycles. The first kappa shape index (κ1) is 15.2. The van der Waals surface area contributed by atoms with E-state index in [-0.39, 0.29) is 12.5 Å². The Balaban J connectivity index is 4.34. The van der Waals surface area contributed by atoms with Crippen molar-refractivity contribution >= 4 is 23.5 Å². The van der Waals surface area contributed by atoms with Crippen molar-refractivity contribution < 1.29 is 19.1 Å². The van der Waals surface area contributed by atoms with Crippen molar-refractivity contribution in [1.29, 1.82) is 0 Å². The molecule has 0 aliphatic carbocycles. The van der Waals surface area contributed by atoms with Crippen LogP contribution in [0.25, 0.3) is 0 Å². The Morgan fingerprint density at radius 1 is 1.06 bits per heavy atom. The van der Waals surface area contributed by atoms with E-state index in [1.807, 2.05) is 20.8 Å². The van der Waals surface area contributed by atoms with Gasteiger partial charge in [0.1, 0.15) is 12.2 Å². The average molecular weight is 251 g/mol. The highest BCUT2D eigenvalue weighted by Crippen LogP contribution is 2.24. The molecule has 0 N–H and O–H groups in total. The van der Waals surface area contributed by atoms with Crippen molar-refractivity contribution in [1.82, 2.24) is 0 Å². The summed E-state index contributed by atoms with van der Waals surface area (Å²) in [6.45, 7) is 5.78. The molecule has 94 valence electrons. The Labute approximate surface area is 101 Å². The van der Waals surface area contributed by atoms with E-state index in [9.17, 15) is 9.59 Å². The van der Waals surface area contributed by atoms with Crippen molar-refractivity contribution in [2.24, 2.45) is 0 Å². The summed E-state index contributed by atoms with van der Waals surface area (Å²) in [6, 6.07) is 0. The summed E-state index contributed by atoms with van der Waals surface area (Å²) in [6.07, 6.45) is 2.03. The van der Waals surface area contributed by atoms with E-state index >= 15 is 0 Å². The average Bonchev–Trinajstić information content (AvgIpc) is 2.32. The van der Waals surface area contributed by atoms with Crippen LogP contribution in [0.2, 0.25) is 0 Å². The molecule has 0 atom stereocenters. The fourth-order valence-electron chi connectivity index (χ4n) is 1.40. The first-order chi connectivity index (χ1) is 7.55. The van der Waals surface area contributed by atoms with E-state index in [4.69, 9.17) is 16.3 Å². The largest absolute Gasteiger partial charge is 0.456 e. The first-order valence-electron chi connectivity index (χ1n) is 5.51. The molecule has 0 unspecified atom stereocenters. The van der Waals surface area contributed by atoms with Crippen molar-refractivity contribution in [2.75, 3.05) is 12.5 Å². The van der Waals surface area contributed by atoms with Gasteiger partial charge in [-0.2, -0.15) is 0 Å². The SMILES string of the molecule is CCC(CC)(CC)OC(=O)C(=O)OCCCl. The van der Waals surface area contributed by atoms with Crippen LogP contribution in [0.1, 0.15) is 40.0 Å². The van der Waals surface area contributed by atoms with Gasteiger partial charge >= 0.3 is 11.9 Å². The van der Waals surface area contributed by atoms with Gasteiger partial charge in [-0.1, -0.05) is 20.8 Å². The number of carbonyl (C=O) groups is 2. The van der Waals surface area contributed by atoms with Gasteiger partial charge in [0.05, 0.1) is 5.88 Å². The van der Waals surface area contributed by atoms with E-state index < -0.39 is 17.5 Å². The molecule has 16 heavy (non-hydrogen) atoms. The van der Waals surface area contributed by atoms with Crippen LogP contribution in [0, 0.1) is 0 Å². The predicted octanol–water partition coefficient (Wildman–Crippen LogP) is 2.28. The third-order valence-electron chi connectivity index (χ3n) is 2.72. The lowest BCUT2D eigenvalue weighted by molar-refractivity contribution is -0.178. The smallest absolute Gasteiger partial charge is 0.418 e. The summed E-state index contributed by atoms with van der Waals surface area (Å²) in [5, 5.41) is 0. The molecule has 0 aliphatic rings. The molecule has 0 aromatic carbocycles. The lowest BCUT2D eigenvalue weighted by Crippen LogP contribution is -2.36. The first-order valence-corrected chi connectivity index (χ1v) is 6.04. The second-order valence-electron chi connectivity index (χ2n) is 3.46. The number of esters is 2. The van der Waals surface area contributed by atoms with E-state index in [1.54, 1.807) is 0 Å². The van der Waals surface area contributed by atoms with Crippen molar-refractivity contribution in [3.05, 3.63) is 0 Å². The number of alkyl halides is 1. The summed E-state index contributed by atoms with van der Waals surface area (Å²) in [5.41, 5.74) is -0.558. The van der Waals surface area contributed by atoms with Crippen molar-refractivity contribution in [3.8, 4) is 0 Å². The Bertz CT molecular complexity index is 228. The predicted molar refractivity (Wildman–Crippen MR) is 61.4 cm³/mol. The second-order valence-corrected chi connectivity index (χ2v) is 3.84. The lowest BCUT2D eigenvalue weighted by Gasteiger charge is -2.29. The summed E-state index contributed by atoms with van der Waals surface area (Å²) in [7, 11) is 0. The molecule has 0 aliphatic heterocycles. The van der Waals surface area contributed by atoms with Gasteiger partial charge in [-0.05, 0) is 19.3 Å². The molecule has 0 amide bonds. The molecule has 0 rings (SSSR count). The summed E-state index contributed by atoms with van der Waals surface area (Å²) < 4.78 is 9.77. The van der Waals surface area contributed by atoms with Crippen LogP contribution in [0.15, 0.2) is 0 Å². The van der Waals surface area contributed by atoms with Crippen LogP contribution >= 0.6 is 11.6 Å². The number of hydrogen-bond acceptors (Lipinski definition) is 4. The molecule has 0 bridgehead atoms. The van der Waals surface area contributed by atoms with Crippen LogP contribution < -0.4 is 0 Å². The quantitative estimate of drug-likeness (QED) is 0.412. The molecular formula is C11H19ClO4. The van der Waals surface area contributed by atoms with Gasteiger partial charge in [-0.25, -0.2) is 9.59 Å². The van der Waals surface area contributed by atoms with Gasteiger partial charge in [-0.15, -0.1) is 11.6 Å². The zero-order chi connectivity index (χ0) is 12.6. The third kappa shape index (κ3) is 4.39. The van der Waals surface area contributed by atoms with E-state index in [2.05, 4.69) is 4.74 Å². The monoisotopic (exact) mass is 250 g/mol. The van der Waals surface area contributed by atoms with E-state index in [0.29, 0.717) is 19.3 Å². The Hall–Kier alpha value is -0.770. The van der Waals surface area contributed by atoms with Gasteiger partial charge in [-0.3, -0.25) is 0 Å². The van der Waals surface area contributed by atoms with Crippen LogP contribution in [-0.4, -0.2) is 30.0 Å². The molecule has 4 nitrogen and oxygen atoms in total. The van der Waals surface area contributed by atoms with Crippen molar-refractivity contribution in [2.45, 2.75) is 45.6 Å². The summed E-state index contributed by atoms with van der Waals surface area (Å²) in [5.74, 6) is -1.74. The highest BCUT2D eigenvalue weighted by molar-refractivity contribution is 6.29. The Morgan fingerprint density at radius 2 is 1.56 bits per heavy atom. The maximum atomic E-state index is 11.4. The van der Waals surface area contributed by atoms with Gasteiger partial charge in [0, 0.05) is 0 Å². The maximum absolute atomic E-state index is 11.4. The molecule has 0 heterocycles. The second kappa shape index (κ2) is 7.49. The Morgan fingerprint density at radius 3 is 1.94 bits per heavy atom. The zero-order valence-electron chi connectivity index (χ0n) is 10.0. The van der Waals surface area contributed by atoms with E-state index in [0.717, 1.165) is 0 Å². The highest BCUT2D eigenvalue weighted by atomic mass is 35.5. The molecule has 0 spiro atoms. The van der Waals surface area contributed by atoms with Gasteiger partial charge in [0.15, 0.2) is 0 Å². The lowest BCUT2D eigenvalue weighted by atomic mass is 9.94. The number of carbonyl (C=O) groups excluding carboxylic acids is 2. The molecule has 0 saturated carbocycles. The van der Waals surface area contributed by atoms with Gasteiger partial charge in [0.2, 0.25) is 0 Å². The fraction of sp³-hybridized carbons (Fsp3) is 0.818. The molecule has 0 aromatic rings. The summed E-state index contributed by atoms with van der Waals surface area (Å²) in [4.78, 5) is 22.6.